The van der Waals surface area contributed by atoms with Crippen molar-refractivity contribution in [1.29, 1.82) is 0 Å². The minimum Gasteiger partial charge on any atom is -0.428 e. The largest absolute Gasteiger partial charge is 0.513 e. The number of amides is 1. The minimum absolute atomic E-state index is 0. The Bertz CT molecular complexity index is 599. The highest BCUT2D eigenvalue weighted by Gasteiger charge is 2.19. The number of rotatable bonds is 7. The van der Waals surface area contributed by atoms with Crippen molar-refractivity contribution in [2.45, 2.75) is 40.5 Å². The van der Waals surface area contributed by atoms with Crippen LogP contribution >= 0.6 is 0 Å². The van der Waals surface area contributed by atoms with Crippen molar-refractivity contribution in [1.82, 2.24) is 5.32 Å². The smallest absolute Gasteiger partial charge is 0.428 e. The van der Waals surface area contributed by atoms with Crippen molar-refractivity contribution in [3.63, 3.8) is 0 Å². The molecule has 25 heavy (non-hydrogen) atoms. The van der Waals surface area contributed by atoms with E-state index in [-0.39, 0.29) is 27.3 Å². The zero-order chi connectivity index (χ0) is 18.2. The molecule has 1 aromatic heterocycles. The van der Waals surface area contributed by atoms with E-state index in [1.165, 1.54) is 10.8 Å². The summed E-state index contributed by atoms with van der Waals surface area (Å²) in [5.41, 5.74) is -0.360. The molecule has 0 bridgehead atoms. The molecule has 1 amide bonds. The zero-order valence-corrected chi connectivity index (χ0v) is 13.7. The van der Waals surface area contributed by atoms with E-state index >= 15 is 0 Å². The molecule has 10 heteroatoms. The lowest BCUT2D eigenvalue weighted by Gasteiger charge is -2.17. The predicted molar refractivity (Wildman–Crippen MR) is 86.0 cm³/mol. The van der Waals surface area contributed by atoms with E-state index in [1.807, 2.05) is 0 Å². The van der Waals surface area contributed by atoms with Crippen molar-refractivity contribution in [3.05, 3.63) is 40.2 Å². The summed E-state index contributed by atoms with van der Waals surface area (Å²) in [6.45, 7) is 4.77. The summed E-state index contributed by atoms with van der Waals surface area (Å²) in [6.07, 6.45) is 2.26. The number of nitrogens with zero attached hydrogens (tertiary/aromatic N) is 2. The average Bonchev–Trinajstić information content (AvgIpc) is 2.48. The summed E-state index contributed by atoms with van der Waals surface area (Å²) < 4.78 is 11.4. The molecule has 0 aliphatic heterocycles. The Kier molecular flexibility index (Phi) is 8.89. The van der Waals surface area contributed by atoms with Crippen molar-refractivity contribution < 1.29 is 33.6 Å². The van der Waals surface area contributed by atoms with Gasteiger partial charge >= 0.3 is 6.16 Å². The van der Waals surface area contributed by atoms with E-state index in [0.717, 1.165) is 0 Å². The molecule has 140 valence electrons. The number of carbonyl (C=O) groups is 2. The lowest BCUT2D eigenvalue weighted by atomic mass is 10.2. The Balaban J connectivity index is 0.00000576. The lowest BCUT2D eigenvalue weighted by Crippen LogP contribution is -2.38. The molecular weight excluding hydrogens is 334 g/mol. The molecule has 0 aliphatic rings. The molecule has 0 saturated carbocycles. The van der Waals surface area contributed by atoms with E-state index in [0.29, 0.717) is 5.56 Å². The Hall–Kier alpha value is -2.91. The molecule has 0 unspecified atom stereocenters. The zero-order valence-electron chi connectivity index (χ0n) is 13.7. The first kappa shape index (κ1) is 22.1. The van der Waals surface area contributed by atoms with Crippen LogP contribution in [-0.2, 0) is 21.0 Å². The molecule has 1 aromatic rings. The van der Waals surface area contributed by atoms with Crippen LogP contribution in [0, 0.1) is 10.1 Å². The second-order valence-corrected chi connectivity index (χ2v) is 5.66. The number of nitrogens with one attached hydrogen (secondary N) is 1. The number of hydrogen-bond donors (Lipinski definition) is 1. The average molecular weight is 358 g/mol. The van der Waals surface area contributed by atoms with Crippen LogP contribution in [0.3, 0.4) is 0 Å². The monoisotopic (exact) mass is 358 g/mol. The molecule has 0 atom stereocenters. The van der Waals surface area contributed by atoms with Gasteiger partial charge < -0.3 is 19.6 Å². The van der Waals surface area contributed by atoms with Crippen molar-refractivity contribution in [3.8, 4) is 0 Å². The topological polar surface area (TPSA) is 121 Å². The van der Waals surface area contributed by atoms with Crippen LogP contribution in [0.25, 0.3) is 0 Å². The third kappa shape index (κ3) is 9.74. The van der Waals surface area contributed by atoms with Gasteiger partial charge in [-0.2, -0.15) is 4.57 Å². The maximum atomic E-state index is 11.9. The van der Waals surface area contributed by atoms with Gasteiger partial charge in [0.15, 0.2) is 12.4 Å². The van der Waals surface area contributed by atoms with Crippen molar-refractivity contribution in [2.75, 3.05) is 13.2 Å². The maximum Gasteiger partial charge on any atom is 0.513 e. The summed E-state index contributed by atoms with van der Waals surface area (Å²) >= 11 is 0. The highest BCUT2D eigenvalue weighted by atomic mass is 16.9. The van der Waals surface area contributed by atoms with Gasteiger partial charge in [-0.25, -0.2) is 4.79 Å². The first-order valence-electron chi connectivity index (χ1n) is 7.08. The quantitative estimate of drug-likeness (QED) is 0.257. The molecular formula is C15H24N3O7+. The Morgan fingerprint density at radius 3 is 2.64 bits per heavy atom. The fourth-order valence-electron chi connectivity index (χ4n) is 1.53. The molecule has 0 fully saturated rings. The normalized spacial score (nSPS) is 10.2. The Labute approximate surface area is 145 Å². The molecule has 10 nitrogen and oxygen atoms in total. The number of hydrogen-bond acceptors (Lipinski definition) is 7. The third-order valence-electron chi connectivity index (χ3n) is 2.43. The molecule has 1 heterocycles. The van der Waals surface area contributed by atoms with Crippen molar-refractivity contribution >= 4 is 12.1 Å². The first-order valence-corrected chi connectivity index (χ1v) is 7.08. The maximum absolute atomic E-state index is 11.9. The number of carbonyl (C=O) groups excluding carboxylic acids is 2. The number of ether oxygens (including phenoxy) is 2. The summed E-state index contributed by atoms with van der Waals surface area (Å²) in [5, 5.41) is 11.5. The summed E-state index contributed by atoms with van der Waals surface area (Å²) in [4.78, 5) is 37.4. The van der Waals surface area contributed by atoms with Gasteiger partial charge in [-0.3, -0.25) is 4.79 Å². The van der Waals surface area contributed by atoms with Gasteiger partial charge in [0.25, 0.3) is 17.7 Å². The fourth-order valence-corrected chi connectivity index (χ4v) is 1.53. The van der Waals surface area contributed by atoms with Gasteiger partial charge in [0.1, 0.15) is 17.8 Å². The first-order chi connectivity index (χ1) is 11.2. The third-order valence-corrected chi connectivity index (χ3v) is 2.43. The summed E-state index contributed by atoms with van der Waals surface area (Å²) in [7, 11) is 0. The number of aromatic nitrogens is 1. The second-order valence-electron chi connectivity index (χ2n) is 5.66. The SMILES string of the molecule is C.CC(C)(C)OC(=O)OC[n+]1cccc(C(=O)NCCO[N+](=O)[O-])c1. The van der Waals surface area contributed by atoms with E-state index in [1.54, 1.807) is 39.1 Å². The second kappa shape index (κ2) is 10.1. The number of pyridine rings is 1. The van der Waals surface area contributed by atoms with Gasteiger partial charge in [-0.05, 0) is 26.8 Å². The van der Waals surface area contributed by atoms with Crippen LogP contribution in [0.1, 0.15) is 38.6 Å². The lowest BCUT2D eigenvalue weighted by molar-refractivity contribution is -0.757. The standard InChI is InChI=1S/C14H19N3O7.CH4/c1-14(2,3)24-13(19)22-10-16-7-4-5-11(9-16)12(18)15-6-8-23-17(20)21;/h4-5,7,9H,6,8,10H2,1-3H3;1H4/p+1. The molecule has 0 saturated heterocycles. The summed E-state index contributed by atoms with van der Waals surface area (Å²) in [6, 6.07) is 3.15. The van der Waals surface area contributed by atoms with Gasteiger partial charge in [0.2, 0.25) is 0 Å². The molecule has 1 rings (SSSR count). The fraction of sp³-hybridized carbons (Fsp3) is 0.533. The van der Waals surface area contributed by atoms with Gasteiger partial charge in [0, 0.05) is 12.6 Å². The van der Waals surface area contributed by atoms with Gasteiger partial charge in [0.05, 0.1) is 0 Å². The van der Waals surface area contributed by atoms with Crippen LogP contribution in [0.2, 0.25) is 0 Å². The van der Waals surface area contributed by atoms with Crippen LogP contribution in [0.5, 0.6) is 0 Å². The van der Waals surface area contributed by atoms with E-state index in [2.05, 4.69) is 10.2 Å². The van der Waals surface area contributed by atoms with E-state index in [4.69, 9.17) is 9.47 Å². The molecule has 1 N–H and O–H groups in total. The van der Waals surface area contributed by atoms with Crippen LogP contribution < -0.4 is 9.88 Å². The van der Waals surface area contributed by atoms with Crippen molar-refractivity contribution in [2.24, 2.45) is 0 Å². The highest BCUT2D eigenvalue weighted by Crippen LogP contribution is 2.07. The van der Waals surface area contributed by atoms with Crippen LogP contribution in [0.15, 0.2) is 24.5 Å². The predicted octanol–water partition coefficient (Wildman–Crippen LogP) is 1.46. The van der Waals surface area contributed by atoms with Gasteiger partial charge in [-0.1, -0.05) is 7.43 Å². The molecule has 0 radical (unpaired) electrons. The molecule has 0 spiro atoms. The highest BCUT2D eigenvalue weighted by molar-refractivity contribution is 5.93. The van der Waals surface area contributed by atoms with E-state index in [9.17, 15) is 19.7 Å². The summed E-state index contributed by atoms with van der Waals surface area (Å²) in [5.74, 6) is -0.437. The molecule has 0 aromatic carbocycles. The van der Waals surface area contributed by atoms with E-state index < -0.39 is 22.8 Å². The minimum atomic E-state index is -0.934. The molecule has 0 aliphatic carbocycles. The van der Waals surface area contributed by atoms with Gasteiger partial charge in [-0.15, -0.1) is 10.1 Å². The van der Waals surface area contributed by atoms with Crippen LogP contribution in [-0.4, -0.2) is 35.9 Å². The van der Waals surface area contributed by atoms with Crippen LogP contribution in [0.4, 0.5) is 4.79 Å². The Morgan fingerprint density at radius 2 is 2.04 bits per heavy atom. The Morgan fingerprint density at radius 1 is 1.36 bits per heavy atom.